The Balaban J connectivity index is 1.34. The van der Waals surface area contributed by atoms with Gasteiger partial charge in [0.25, 0.3) is 0 Å². The lowest BCUT2D eigenvalue weighted by Crippen LogP contribution is -2.40. The van der Waals surface area contributed by atoms with Crippen LogP contribution in [0.1, 0.15) is 25.0 Å². The number of piperidine rings is 1. The summed E-state index contributed by atoms with van der Waals surface area (Å²) in [6, 6.07) is 7.50. The minimum absolute atomic E-state index is 0.0506. The van der Waals surface area contributed by atoms with E-state index in [0.717, 1.165) is 35.5 Å². The molecule has 1 atom stereocenters. The van der Waals surface area contributed by atoms with E-state index in [9.17, 15) is 9.59 Å². The predicted molar refractivity (Wildman–Crippen MR) is 100 cm³/mol. The van der Waals surface area contributed by atoms with Crippen molar-refractivity contribution in [2.75, 3.05) is 13.1 Å². The number of likely N-dealkylation sites (tertiary alicyclic amines) is 1. The van der Waals surface area contributed by atoms with Crippen LogP contribution >= 0.6 is 22.9 Å². The van der Waals surface area contributed by atoms with E-state index in [1.165, 1.54) is 11.3 Å². The number of carbonyl (C=O) groups excluding carboxylic acids is 1. The van der Waals surface area contributed by atoms with Crippen molar-refractivity contribution in [3.63, 3.8) is 0 Å². The van der Waals surface area contributed by atoms with Gasteiger partial charge in [-0.05, 0) is 36.8 Å². The number of carboxylic acid groups (broad SMARTS) is 1. The Morgan fingerprint density at radius 3 is 2.58 bits per heavy atom. The van der Waals surface area contributed by atoms with Crippen LogP contribution in [0.25, 0.3) is 10.6 Å². The Labute approximate surface area is 160 Å². The molecular weight excluding hydrogens is 372 g/mol. The molecular formula is C19H19ClN2O3S. The molecule has 2 fully saturated rings. The number of aliphatic carboxylic acids is 1. The molecule has 26 heavy (non-hydrogen) atoms. The fourth-order valence-electron chi connectivity index (χ4n) is 3.83. The highest BCUT2D eigenvalue weighted by atomic mass is 35.5. The Bertz CT molecular complexity index is 841. The van der Waals surface area contributed by atoms with Crippen molar-refractivity contribution in [2.45, 2.75) is 25.7 Å². The first-order valence-electron chi connectivity index (χ1n) is 8.68. The fourth-order valence-corrected chi connectivity index (χ4v) is 4.78. The molecule has 1 saturated carbocycles. The molecule has 1 amide bonds. The molecule has 5 nitrogen and oxygen atoms in total. The minimum Gasteiger partial charge on any atom is -0.481 e. The van der Waals surface area contributed by atoms with Crippen LogP contribution in [0.15, 0.2) is 29.6 Å². The highest BCUT2D eigenvalue weighted by molar-refractivity contribution is 7.13. The first kappa shape index (κ1) is 17.5. The summed E-state index contributed by atoms with van der Waals surface area (Å²) in [5, 5.41) is 12.6. The highest BCUT2D eigenvalue weighted by Crippen LogP contribution is 2.59. The normalized spacial score (nSPS) is 21.0. The SMILES string of the molecule is O=C(O)C1CC12CCN(C(=O)Cc1csc(-c3ccc(Cl)cc3)n1)CC2. The Morgan fingerprint density at radius 2 is 1.96 bits per heavy atom. The van der Waals surface area contributed by atoms with Gasteiger partial charge in [-0.3, -0.25) is 9.59 Å². The number of carboxylic acids is 1. The van der Waals surface area contributed by atoms with Gasteiger partial charge < -0.3 is 10.0 Å². The van der Waals surface area contributed by atoms with Crippen LogP contribution in [0.4, 0.5) is 0 Å². The van der Waals surface area contributed by atoms with Crippen LogP contribution in [0.3, 0.4) is 0 Å². The molecule has 1 N–H and O–H groups in total. The number of nitrogens with zero attached hydrogens (tertiary/aromatic N) is 2. The molecule has 0 radical (unpaired) electrons. The first-order valence-corrected chi connectivity index (χ1v) is 9.93. The van der Waals surface area contributed by atoms with Gasteiger partial charge in [-0.2, -0.15) is 0 Å². The number of thiazole rings is 1. The highest BCUT2D eigenvalue weighted by Gasteiger charge is 2.59. The third-order valence-electron chi connectivity index (χ3n) is 5.58. The number of carbonyl (C=O) groups is 2. The molecule has 1 saturated heterocycles. The number of hydrogen-bond donors (Lipinski definition) is 1. The fraction of sp³-hybridized carbons (Fsp3) is 0.421. The summed E-state index contributed by atoms with van der Waals surface area (Å²) in [5.74, 6) is -0.831. The molecule has 1 aromatic heterocycles. The molecule has 1 aliphatic carbocycles. The van der Waals surface area contributed by atoms with E-state index in [2.05, 4.69) is 4.98 Å². The van der Waals surface area contributed by atoms with Gasteiger partial charge in [-0.1, -0.05) is 23.7 Å². The Hall–Kier alpha value is -1.92. The van der Waals surface area contributed by atoms with Crippen LogP contribution in [-0.4, -0.2) is 40.0 Å². The summed E-state index contributed by atoms with van der Waals surface area (Å²) in [6.45, 7) is 1.30. The molecule has 2 heterocycles. The van der Waals surface area contributed by atoms with Gasteiger partial charge in [0.1, 0.15) is 5.01 Å². The van der Waals surface area contributed by atoms with Crippen molar-refractivity contribution >= 4 is 34.8 Å². The monoisotopic (exact) mass is 390 g/mol. The van der Waals surface area contributed by atoms with Crippen molar-refractivity contribution < 1.29 is 14.7 Å². The van der Waals surface area contributed by atoms with Gasteiger partial charge in [0, 0.05) is 29.1 Å². The third kappa shape index (κ3) is 3.35. The molecule has 1 aromatic carbocycles. The zero-order valence-electron chi connectivity index (χ0n) is 14.2. The second-order valence-electron chi connectivity index (χ2n) is 7.17. The van der Waals surface area contributed by atoms with Crippen LogP contribution < -0.4 is 0 Å². The maximum atomic E-state index is 12.6. The van der Waals surface area contributed by atoms with Gasteiger partial charge >= 0.3 is 5.97 Å². The zero-order chi connectivity index (χ0) is 18.3. The lowest BCUT2D eigenvalue weighted by Gasteiger charge is -2.32. The molecule has 136 valence electrons. The van der Waals surface area contributed by atoms with E-state index in [4.69, 9.17) is 16.7 Å². The largest absolute Gasteiger partial charge is 0.481 e. The molecule has 2 aliphatic rings. The van der Waals surface area contributed by atoms with E-state index in [1.54, 1.807) is 0 Å². The number of amides is 1. The number of rotatable bonds is 4. The topological polar surface area (TPSA) is 70.5 Å². The standard InChI is InChI=1S/C19H19ClN2O3S/c20-13-3-1-12(2-4-13)17-21-14(11-26-17)9-16(23)22-7-5-19(6-8-22)10-15(19)18(24)25/h1-4,11,15H,5-10H2,(H,24,25). The molecule has 4 rings (SSSR count). The predicted octanol–water partition coefficient (Wildman–Crippen LogP) is 3.72. The van der Waals surface area contributed by atoms with E-state index in [-0.39, 0.29) is 17.2 Å². The Morgan fingerprint density at radius 1 is 1.27 bits per heavy atom. The van der Waals surface area contributed by atoms with Crippen molar-refractivity contribution in [3.8, 4) is 10.6 Å². The van der Waals surface area contributed by atoms with Crippen molar-refractivity contribution in [2.24, 2.45) is 11.3 Å². The van der Waals surface area contributed by atoms with Crippen LogP contribution in [0, 0.1) is 11.3 Å². The van der Waals surface area contributed by atoms with Crippen LogP contribution in [0.5, 0.6) is 0 Å². The van der Waals surface area contributed by atoms with Gasteiger partial charge in [-0.15, -0.1) is 11.3 Å². The van der Waals surface area contributed by atoms with E-state index >= 15 is 0 Å². The van der Waals surface area contributed by atoms with Gasteiger partial charge in [-0.25, -0.2) is 4.98 Å². The van der Waals surface area contributed by atoms with E-state index in [0.29, 0.717) is 24.5 Å². The van der Waals surface area contributed by atoms with Crippen molar-refractivity contribution in [3.05, 3.63) is 40.4 Å². The number of aromatic nitrogens is 1. The zero-order valence-corrected chi connectivity index (χ0v) is 15.7. The van der Waals surface area contributed by atoms with Crippen molar-refractivity contribution in [1.82, 2.24) is 9.88 Å². The van der Waals surface area contributed by atoms with Crippen molar-refractivity contribution in [1.29, 1.82) is 0 Å². The molecule has 2 aromatic rings. The lowest BCUT2D eigenvalue weighted by atomic mass is 9.90. The summed E-state index contributed by atoms with van der Waals surface area (Å²) in [5.41, 5.74) is 1.72. The number of halogens is 1. The maximum Gasteiger partial charge on any atom is 0.307 e. The van der Waals surface area contributed by atoms with Gasteiger partial charge in [0.2, 0.25) is 5.91 Å². The summed E-state index contributed by atoms with van der Waals surface area (Å²) in [6.07, 6.45) is 2.64. The lowest BCUT2D eigenvalue weighted by molar-refractivity contribution is -0.139. The second kappa shape index (κ2) is 6.67. The van der Waals surface area contributed by atoms with Crippen LogP contribution in [-0.2, 0) is 16.0 Å². The molecule has 1 unspecified atom stereocenters. The average Bonchev–Trinajstić information content (AvgIpc) is 3.13. The quantitative estimate of drug-likeness (QED) is 0.863. The minimum atomic E-state index is -0.693. The maximum absolute atomic E-state index is 12.6. The molecule has 1 spiro atoms. The van der Waals surface area contributed by atoms with E-state index < -0.39 is 5.97 Å². The summed E-state index contributed by atoms with van der Waals surface area (Å²) in [7, 11) is 0. The molecule has 1 aliphatic heterocycles. The summed E-state index contributed by atoms with van der Waals surface area (Å²) >= 11 is 7.43. The smallest absolute Gasteiger partial charge is 0.307 e. The molecule has 0 bridgehead atoms. The summed E-state index contributed by atoms with van der Waals surface area (Å²) in [4.78, 5) is 30.1. The van der Waals surface area contributed by atoms with Crippen LogP contribution in [0.2, 0.25) is 5.02 Å². The second-order valence-corrected chi connectivity index (χ2v) is 8.46. The van der Waals surface area contributed by atoms with Gasteiger partial charge in [0.15, 0.2) is 0 Å². The Kier molecular flexibility index (Phi) is 4.49. The van der Waals surface area contributed by atoms with Gasteiger partial charge in [0.05, 0.1) is 18.0 Å². The average molecular weight is 391 g/mol. The first-order chi connectivity index (χ1) is 12.5. The third-order valence-corrected chi connectivity index (χ3v) is 6.77. The number of benzene rings is 1. The van der Waals surface area contributed by atoms with E-state index in [1.807, 2.05) is 34.5 Å². The number of hydrogen-bond acceptors (Lipinski definition) is 4. The molecule has 7 heteroatoms. The summed E-state index contributed by atoms with van der Waals surface area (Å²) < 4.78 is 0.